The van der Waals surface area contributed by atoms with Crippen molar-refractivity contribution in [1.82, 2.24) is 4.90 Å². The number of ketones is 1. The van der Waals surface area contributed by atoms with Gasteiger partial charge in [-0.2, -0.15) is 0 Å². The van der Waals surface area contributed by atoms with Crippen molar-refractivity contribution < 1.29 is 9.90 Å². The highest BCUT2D eigenvalue weighted by Gasteiger charge is 2.28. The van der Waals surface area contributed by atoms with E-state index in [1.807, 2.05) is 29.3 Å². The van der Waals surface area contributed by atoms with Crippen LogP contribution in [0.1, 0.15) is 103 Å². The van der Waals surface area contributed by atoms with Gasteiger partial charge in [-0.3, -0.25) is 4.79 Å². The Morgan fingerprint density at radius 1 is 1.03 bits per heavy atom. The first-order chi connectivity index (χ1) is 14.8. The van der Waals surface area contributed by atoms with E-state index in [-0.39, 0.29) is 23.2 Å². The molecule has 1 heterocycles. The number of hydrogen-bond acceptors (Lipinski definition) is 3. The quantitative estimate of drug-likeness (QED) is 0.424. The maximum Gasteiger partial charge on any atom is 0.182 e. The summed E-state index contributed by atoms with van der Waals surface area (Å²) in [6, 6.07) is 3.74. The van der Waals surface area contributed by atoms with Crippen LogP contribution in [0.5, 0.6) is 5.75 Å². The number of phenolic OH excluding ortho intramolecular Hbond substituents is 1. The fraction of sp³-hybridized carbons (Fsp3) is 0.552. The van der Waals surface area contributed by atoms with Gasteiger partial charge in [0.15, 0.2) is 5.78 Å². The standard InChI is InChI=1S/C29H43NO2/c1-10-21(11-2)14-15-22-13-12-16-30(20(22)3)19-26(31)23-17-24(28(4,5)6)27(32)25(18-23)29(7,8)9/h12-13,16-18,21,32H,3,10-11,14-15,19H2,1-2,4-9H3. The first-order valence-corrected chi connectivity index (χ1v) is 12.0. The molecular formula is C29H43NO2. The van der Waals surface area contributed by atoms with Crippen molar-refractivity contribution in [2.45, 2.75) is 91.9 Å². The summed E-state index contributed by atoms with van der Waals surface area (Å²) < 4.78 is 0. The van der Waals surface area contributed by atoms with Gasteiger partial charge in [0.1, 0.15) is 5.75 Å². The van der Waals surface area contributed by atoms with Crippen molar-refractivity contribution in [2.75, 3.05) is 6.54 Å². The van der Waals surface area contributed by atoms with Crippen LogP contribution in [0.2, 0.25) is 0 Å². The van der Waals surface area contributed by atoms with Gasteiger partial charge in [-0.05, 0) is 53.4 Å². The van der Waals surface area contributed by atoms with Gasteiger partial charge in [-0.1, -0.05) is 80.9 Å². The molecular weight excluding hydrogens is 394 g/mol. The Kier molecular flexibility index (Phi) is 8.20. The summed E-state index contributed by atoms with van der Waals surface area (Å²) in [5.41, 5.74) is 3.87. The second kappa shape index (κ2) is 10.1. The Morgan fingerprint density at radius 2 is 1.56 bits per heavy atom. The molecule has 1 aromatic rings. The number of rotatable bonds is 8. The van der Waals surface area contributed by atoms with Crippen molar-refractivity contribution in [3.63, 3.8) is 0 Å². The molecule has 0 amide bonds. The molecule has 176 valence electrons. The van der Waals surface area contributed by atoms with Crippen LogP contribution in [-0.4, -0.2) is 22.3 Å². The monoisotopic (exact) mass is 437 g/mol. The van der Waals surface area contributed by atoms with Crippen molar-refractivity contribution >= 4 is 5.78 Å². The summed E-state index contributed by atoms with van der Waals surface area (Å²) >= 11 is 0. The SMILES string of the molecule is C=C1C(CCC(CC)CC)=CC=CN1CC(=O)c1cc(C(C)(C)C)c(O)c(C(C)(C)C)c1. The Balaban J connectivity index is 2.26. The Hall–Kier alpha value is -2.29. The molecule has 3 nitrogen and oxygen atoms in total. The predicted molar refractivity (Wildman–Crippen MR) is 136 cm³/mol. The molecule has 0 spiro atoms. The summed E-state index contributed by atoms with van der Waals surface area (Å²) in [7, 11) is 0. The summed E-state index contributed by atoms with van der Waals surface area (Å²) in [4.78, 5) is 15.3. The van der Waals surface area contributed by atoms with Gasteiger partial charge >= 0.3 is 0 Å². The molecule has 0 aromatic heterocycles. The van der Waals surface area contributed by atoms with Gasteiger partial charge in [0.25, 0.3) is 0 Å². The highest BCUT2D eigenvalue weighted by atomic mass is 16.3. The van der Waals surface area contributed by atoms with Crippen LogP contribution in [0.15, 0.2) is 48.3 Å². The third kappa shape index (κ3) is 6.15. The first-order valence-electron chi connectivity index (χ1n) is 12.0. The van der Waals surface area contributed by atoms with Crippen molar-refractivity contribution in [3.05, 3.63) is 65.0 Å². The minimum absolute atomic E-state index is 0.0352. The molecule has 0 saturated heterocycles. The van der Waals surface area contributed by atoms with E-state index in [1.165, 1.54) is 18.4 Å². The normalized spacial score (nSPS) is 14.8. The van der Waals surface area contributed by atoms with E-state index < -0.39 is 0 Å². The molecule has 1 aromatic carbocycles. The van der Waals surface area contributed by atoms with Crippen LogP contribution in [0, 0.1) is 5.92 Å². The summed E-state index contributed by atoms with van der Waals surface area (Å²) in [5.74, 6) is 1.07. The fourth-order valence-electron chi connectivity index (χ4n) is 4.25. The predicted octanol–water partition coefficient (Wildman–Crippen LogP) is 7.66. The zero-order valence-electron chi connectivity index (χ0n) is 21.5. The number of carbonyl (C=O) groups excluding carboxylic acids is 1. The van der Waals surface area contributed by atoms with Crippen LogP contribution < -0.4 is 0 Å². The van der Waals surface area contributed by atoms with Crippen LogP contribution in [0.4, 0.5) is 0 Å². The topological polar surface area (TPSA) is 40.5 Å². The minimum Gasteiger partial charge on any atom is -0.507 e. The largest absolute Gasteiger partial charge is 0.507 e. The van der Waals surface area contributed by atoms with E-state index in [0.29, 0.717) is 11.3 Å². The van der Waals surface area contributed by atoms with E-state index >= 15 is 0 Å². The fourth-order valence-corrected chi connectivity index (χ4v) is 4.25. The molecule has 2 rings (SSSR count). The highest BCUT2D eigenvalue weighted by Crippen LogP contribution is 2.40. The summed E-state index contributed by atoms with van der Waals surface area (Å²) in [5, 5.41) is 11.0. The first kappa shape index (κ1) is 26.0. The van der Waals surface area contributed by atoms with E-state index in [0.717, 1.165) is 35.6 Å². The molecule has 0 unspecified atom stereocenters. The third-order valence-electron chi connectivity index (χ3n) is 6.62. The highest BCUT2D eigenvalue weighted by molar-refractivity contribution is 5.98. The van der Waals surface area contributed by atoms with Crippen molar-refractivity contribution in [2.24, 2.45) is 5.92 Å². The molecule has 0 fully saturated rings. The van der Waals surface area contributed by atoms with E-state index in [9.17, 15) is 9.90 Å². The van der Waals surface area contributed by atoms with Crippen LogP contribution >= 0.6 is 0 Å². The Bertz CT molecular complexity index is 867. The van der Waals surface area contributed by atoms with Gasteiger partial charge in [0, 0.05) is 28.6 Å². The summed E-state index contributed by atoms with van der Waals surface area (Å²) in [6.45, 7) is 21.4. The van der Waals surface area contributed by atoms with Crippen LogP contribution in [0.25, 0.3) is 0 Å². The molecule has 0 radical (unpaired) electrons. The number of nitrogens with zero attached hydrogens (tertiary/aromatic N) is 1. The summed E-state index contributed by atoms with van der Waals surface area (Å²) in [6.07, 6.45) is 10.6. The average molecular weight is 438 g/mol. The minimum atomic E-state index is -0.264. The molecule has 32 heavy (non-hydrogen) atoms. The van der Waals surface area contributed by atoms with Gasteiger partial charge in [-0.25, -0.2) is 0 Å². The molecule has 0 saturated carbocycles. The zero-order chi connectivity index (χ0) is 24.3. The lowest BCUT2D eigenvalue weighted by atomic mass is 9.78. The maximum atomic E-state index is 13.4. The van der Waals surface area contributed by atoms with Crippen LogP contribution in [-0.2, 0) is 10.8 Å². The lowest BCUT2D eigenvalue weighted by molar-refractivity contribution is 0.0966. The lowest BCUT2D eigenvalue weighted by Crippen LogP contribution is -2.27. The molecule has 1 N–H and O–H groups in total. The van der Waals surface area contributed by atoms with Gasteiger partial charge in [0.2, 0.25) is 0 Å². The van der Waals surface area contributed by atoms with Gasteiger partial charge in [-0.15, -0.1) is 0 Å². The molecule has 3 heteroatoms. The van der Waals surface area contributed by atoms with E-state index in [1.54, 1.807) is 0 Å². The van der Waals surface area contributed by atoms with Crippen LogP contribution in [0.3, 0.4) is 0 Å². The van der Waals surface area contributed by atoms with Gasteiger partial charge < -0.3 is 10.0 Å². The molecule has 0 atom stereocenters. The second-order valence-electron chi connectivity index (χ2n) is 11.2. The number of hydrogen-bond donors (Lipinski definition) is 1. The van der Waals surface area contributed by atoms with Crippen molar-refractivity contribution in [3.8, 4) is 5.75 Å². The number of phenols is 1. The molecule has 0 bridgehead atoms. The maximum absolute atomic E-state index is 13.4. The van der Waals surface area contributed by atoms with Crippen molar-refractivity contribution in [1.29, 1.82) is 0 Å². The third-order valence-corrected chi connectivity index (χ3v) is 6.62. The second-order valence-corrected chi connectivity index (χ2v) is 11.2. The number of aromatic hydroxyl groups is 1. The van der Waals surface area contributed by atoms with Gasteiger partial charge in [0.05, 0.1) is 6.54 Å². The Labute approximate surface area is 195 Å². The molecule has 0 aliphatic carbocycles. The number of carbonyl (C=O) groups is 1. The molecule has 1 aliphatic rings. The number of Topliss-reactive ketones (excluding diaryl/α,β-unsaturated/α-hetero) is 1. The van der Waals surface area contributed by atoms with E-state index in [2.05, 4.69) is 68.0 Å². The smallest absolute Gasteiger partial charge is 0.182 e. The number of allylic oxidation sites excluding steroid dienone is 3. The lowest BCUT2D eigenvalue weighted by Gasteiger charge is -2.29. The zero-order valence-corrected chi connectivity index (χ0v) is 21.5. The number of benzene rings is 1. The van der Waals surface area contributed by atoms with E-state index in [4.69, 9.17) is 0 Å². The molecule has 1 aliphatic heterocycles. The Morgan fingerprint density at radius 3 is 2.03 bits per heavy atom. The average Bonchev–Trinajstić information content (AvgIpc) is 2.69.